The van der Waals surface area contributed by atoms with Gasteiger partial charge in [0.25, 0.3) is 5.91 Å². The SMILES string of the molecule is CC1CC1NC(=O)c1ccc2cc[nH]c2c1. The summed E-state index contributed by atoms with van der Waals surface area (Å²) in [6.45, 7) is 2.15. The van der Waals surface area contributed by atoms with Crippen molar-refractivity contribution in [2.75, 3.05) is 0 Å². The predicted octanol–water partition coefficient (Wildman–Crippen LogP) is 2.31. The number of aromatic amines is 1. The summed E-state index contributed by atoms with van der Waals surface area (Å²) in [6, 6.07) is 8.12. The van der Waals surface area contributed by atoms with Gasteiger partial charge in [-0.2, -0.15) is 0 Å². The zero-order valence-electron chi connectivity index (χ0n) is 9.16. The fraction of sp³-hybridized carbons (Fsp3) is 0.308. The summed E-state index contributed by atoms with van der Waals surface area (Å²) in [6.07, 6.45) is 2.99. The molecular formula is C13H14N2O. The molecule has 1 aromatic heterocycles. The second-order valence-electron chi connectivity index (χ2n) is 4.57. The molecule has 3 rings (SSSR count). The summed E-state index contributed by atoms with van der Waals surface area (Å²) in [5.74, 6) is 0.670. The summed E-state index contributed by atoms with van der Waals surface area (Å²) in [4.78, 5) is 15.0. The molecule has 0 radical (unpaired) electrons. The van der Waals surface area contributed by atoms with Gasteiger partial charge >= 0.3 is 0 Å². The third-order valence-corrected chi connectivity index (χ3v) is 3.24. The molecule has 2 atom stereocenters. The smallest absolute Gasteiger partial charge is 0.251 e. The molecule has 3 heteroatoms. The Morgan fingerprint density at radius 1 is 1.44 bits per heavy atom. The third kappa shape index (κ3) is 1.58. The van der Waals surface area contributed by atoms with Crippen LogP contribution in [0.2, 0.25) is 0 Å². The number of benzene rings is 1. The van der Waals surface area contributed by atoms with E-state index in [0.29, 0.717) is 12.0 Å². The van der Waals surface area contributed by atoms with Crippen LogP contribution in [-0.4, -0.2) is 16.9 Å². The zero-order chi connectivity index (χ0) is 11.1. The lowest BCUT2D eigenvalue weighted by Gasteiger charge is -2.03. The molecule has 3 nitrogen and oxygen atoms in total. The molecule has 2 N–H and O–H groups in total. The summed E-state index contributed by atoms with van der Waals surface area (Å²) in [5, 5.41) is 4.16. The number of H-pyrrole nitrogens is 1. The van der Waals surface area contributed by atoms with E-state index in [4.69, 9.17) is 0 Å². The number of aromatic nitrogens is 1. The molecule has 1 saturated carbocycles. The normalized spacial score (nSPS) is 23.3. The highest BCUT2D eigenvalue weighted by Gasteiger charge is 2.33. The van der Waals surface area contributed by atoms with Gasteiger partial charge in [0.05, 0.1) is 0 Å². The molecule has 2 unspecified atom stereocenters. The Morgan fingerprint density at radius 3 is 3.00 bits per heavy atom. The van der Waals surface area contributed by atoms with Crippen molar-refractivity contribution < 1.29 is 4.79 Å². The van der Waals surface area contributed by atoms with Gasteiger partial charge in [-0.05, 0) is 35.9 Å². The minimum Gasteiger partial charge on any atom is -0.361 e. The van der Waals surface area contributed by atoms with Crippen molar-refractivity contribution in [2.45, 2.75) is 19.4 Å². The number of carbonyl (C=O) groups excluding carboxylic acids is 1. The predicted molar refractivity (Wildman–Crippen MR) is 63.3 cm³/mol. The summed E-state index contributed by atoms with van der Waals surface area (Å²) >= 11 is 0. The molecule has 0 bridgehead atoms. The molecule has 1 fully saturated rings. The molecule has 1 heterocycles. The van der Waals surface area contributed by atoms with Crippen molar-refractivity contribution in [3.05, 3.63) is 36.0 Å². The number of rotatable bonds is 2. The van der Waals surface area contributed by atoms with Gasteiger partial charge in [-0.3, -0.25) is 4.79 Å². The minimum atomic E-state index is 0.0332. The number of hydrogen-bond acceptors (Lipinski definition) is 1. The van der Waals surface area contributed by atoms with E-state index in [1.807, 2.05) is 30.5 Å². The van der Waals surface area contributed by atoms with Crippen LogP contribution in [0, 0.1) is 5.92 Å². The van der Waals surface area contributed by atoms with Gasteiger partial charge in [0.2, 0.25) is 0 Å². The van der Waals surface area contributed by atoms with E-state index in [0.717, 1.165) is 22.9 Å². The van der Waals surface area contributed by atoms with Gasteiger partial charge in [0, 0.05) is 23.3 Å². The maximum atomic E-state index is 11.9. The average molecular weight is 214 g/mol. The first-order chi connectivity index (χ1) is 7.74. The molecule has 0 spiro atoms. The van der Waals surface area contributed by atoms with E-state index in [-0.39, 0.29) is 5.91 Å². The first kappa shape index (κ1) is 9.46. The highest BCUT2D eigenvalue weighted by atomic mass is 16.1. The second kappa shape index (κ2) is 3.37. The Labute approximate surface area is 93.9 Å². The molecular weight excluding hydrogens is 200 g/mol. The Kier molecular flexibility index (Phi) is 1.99. The van der Waals surface area contributed by atoms with Gasteiger partial charge in [0.1, 0.15) is 0 Å². The van der Waals surface area contributed by atoms with Crippen LogP contribution in [0.15, 0.2) is 30.5 Å². The van der Waals surface area contributed by atoms with E-state index in [2.05, 4.69) is 17.2 Å². The topological polar surface area (TPSA) is 44.9 Å². The molecule has 1 amide bonds. The molecule has 0 aliphatic heterocycles. The molecule has 16 heavy (non-hydrogen) atoms. The quantitative estimate of drug-likeness (QED) is 0.791. The van der Waals surface area contributed by atoms with E-state index in [1.54, 1.807) is 0 Å². The summed E-state index contributed by atoms with van der Waals surface area (Å²) < 4.78 is 0. The Balaban J connectivity index is 1.84. The standard InChI is InChI=1S/C13H14N2O/c1-8-6-11(8)15-13(16)10-3-2-9-4-5-14-12(9)7-10/h2-5,7-8,11,14H,6H2,1H3,(H,15,16). The number of fused-ring (bicyclic) bond motifs is 1. The molecule has 1 aromatic carbocycles. The molecule has 0 saturated heterocycles. The fourth-order valence-electron chi connectivity index (χ4n) is 1.96. The third-order valence-electron chi connectivity index (χ3n) is 3.24. The second-order valence-corrected chi connectivity index (χ2v) is 4.57. The Morgan fingerprint density at radius 2 is 2.25 bits per heavy atom. The highest BCUT2D eigenvalue weighted by molar-refractivity contribution is 5.98. The first-order valence-corrected chi connectivity index (χ1v) is 5.62. The van der Waals surface area contributed by atoms with Crippen LogP contribution >= 0.6 is 0 Å². The number of carbonyl (C=O) groups is 1. The Bertz CT molecular complexity index is 544. The Hall–Kier alpha value is -1.77. The molecule has 2 aromatic rings. The maximum absolute atomic E-state index is 11.9. The van der Waals surface area contributed by atoms with Gasteiger partial charge in [-0.15, -0.1) is 0 Å². The number of amides is 1. The van der Waals surface area contributed by atoms with Crippen LogP contribution in [-0.2, 0) is 0 Å². The van der Waals surface area contributed by atoms with Crippen molar-refractivity contribution in [3.63, 3.8) is 0 Å². The average Bonchev–Trinajstić information content (AvgIpc) is 2.81. The van der Waals surface area contributed by atoms with E-state index in [9.17, 15) is 4.79 Å². The lowest BCUT2D eigenvalue weighted by molar-refractivity contribution is 0.0949. The monoisotopic (exact) mass is 214 g/mol. The summed E-state index contributed by atoms with van der Waals surface area (Å²) in [5.41, 5.74) is 1.74. The molecule has 82 valence electrons. The van der Waals surface area contributed by atoms with Gasteiger partial charge in [-0.25, -0.2) is 0 Å². The van der Waals surface area contributed by atoms with Crippen LogP contribution in [0.25, 0.3) is 10.9 Å². The van der Waals surface area contributed by atoms with Crippen LogP contribution < -0.4 is 5.32 Å². The van der Waals surface area contributed by atoms with Crippen molar-refractivity contribution in [1.29, 1.82) is 0 Å². The lowest BCUT2D eigenvalue weighted by atomic mass is 10.1. The fourth-order valence-corrected chi connectivity index (χ4v) is 1.96. The summed E-state index contributed by atoms with van der Waals surface area (Å²) in [7, 11) is 0. The van der Waals surface area contributed by atoms with Crippen molar-refractivity contribution in [3.8, 4) is 0 Å². The number of nitrogens with one attached hydrogen (secondary N) is 2. The van der Waals surface area contributed by atoms with Crippen LogP contribution in [0.5, 0.6) is 0 Å². The van der Waals surface area contributed by atoms with Crippen molar-refractivity contribution >= 4 is 16.8 Å². The van der Waals surface area contributed by atoms with Gasteiger partial charge in [-0.1, -0.05) is 13.0 Å². The van der Waals surface area contributed by atoms with Gasteiger partial charge < -0.3 is 10.3 Å². The molecule has 1 aliphatic carbocycles. The minimum absolute atomic E-state index is 0.0332. The zero-order valence-corrected chi connectivity index (χ0v) is 9.16. The van der Waals surface area contributed by atoms with E-state index >= 15 is 0 Å². The highest BCUT2D eigenvalue weighted by Crippen LogP contribution is 2.29. The number of hydrogen-bond donors (Lipinski definition) is 2. The van der Waals surface area contributed by atoms with E-state index in [1.165, 1.54) is 0 Å². The lowest BCUT2D eigenvalue weighted by Crippen LogP contribution is -2.26. The largest absolute Gasteiger partial charge is 0.361 e. The van der Waals surface area contributed by atoms with Gasteiger partial charge in [0.15, 0.2) is 0 Å². The van der Waals surface area contributed by atoms with Crippen molar-refractivity contribution in [1.82, 2.24) is 10.3 Å². The van der Waals surface area contributed by atoms with E-state index < -0.39 is 0 Å². The van der Waals surface area contributed by atoms with Crippen LogP contribution in [0.4, 0.5) is 0 Å². The van der Waals surface area contributed by atoms with Crippen LogP contribution in [0.1, 0.15) is 23.7 Å². The van der Waals surface area contributed by atoms with Crippen LogP contribution in [0.3, 0.4) is 0 Å². The van der Waals surface area contributed by atoms with Crippen molar-refractivity contribution in [2.24, 2.45) is 5.92 Å². The first-order valence-electron chi connectivity index (χ1n) is 5.62. The maximum Gasteiger partial charge on any atom is 0.251 e. The molecule has 1 aliphatic rings.